The lowest BCUT2D eigenvalue weighted by Gasteiger charge is -2.12. The third-order valence-electron chi connectivity index (χ3n) is 4.53. The summed E-state index contributed by atoms with van der Waals surface area (Å²) < 4.78 is 10.6. The number of hydrogen-bond acceptors (Lipinski definition) is 6. The average molecular weight is 398 g/mol. The van der Waals surface area contributed by atoms with Gasteiger partial charge >= 0.3 is 5.97 Å². The van der Waals surface area contributed by atoms with Gasteiger partial charge in [0.15, 0.2) is 0 Å². The highest BCUT2D eigenvalue weighted by Crippen LogP contribution is 2.38. The monoisotopic (exact) mass is 398 g/mol. The van der Waals surface area contributed by atoms with Crippen LogP contribution in [0.2, 0.25) is 0 Å². The van der Waals surface area contributed by atoms with Crippen molar-refractivity contribution in [3.63, 3.8) is 0 Å². The number of anilines is 1. The van der Waals surface area contributed by atoms with Crippen molar-refractivity contribution in [2.75, 3.05) is 11.9 Å². The number of hydrogen-bond donors (Lipinski definition) is 1. The van der Waals surface area contributed by atoms with Gasteiger partial charge in [-0.25, -0.2) is 4.79 Å². The lowest BCUT2D eigenvalue weighted by atomic mass is 9.95. The normalized spacial score (nSPS) is 13.5. The van der Waals surface area contributed by atoms with Gasteiger partial charge in [-0.2, -0.15) is 5.26 Å². The first-order chi connectivity index (χ1) is 13.6. The number of fused-ring (bicyclic) bond motifs is 1. The van der Waals surface area contributed by atoms with Gasteiger partial charge in [0.25, 0.3) is 5.91 Å². The molecule has 0 spiro atoms. The number of unbranched alkanes of at least 4 members (excludes halogenated alkanes) is 1. The largest absolute Gasteiger partial charge is 0.465 e. The zero-order valence-corrected chi connectivity index (χ0v) is 16.6. The van der Waals surface area contributed by atoms with E-state index in [4.69, 9.17) is 9.15 Å². The van der Waals surface area contributed by atoms with Gasteiger partial charge in [0, 0.05) is 11.0 Å². The maximum atomic E-state index is 12.7. The van der Waals surface area contributed by atoms with Gasteiger partial charge in [-0.3, -0.25) is 4.79 Å². The number of nitrogens with one attached hydrogen (secondary N) is 1. The first-order valence-corrected chi connectivity index (χ1v) is 10.2. The van der Waals surface area contributed by atoms with Crippen LogP contribution in [0.4, 0.5) is 5.00 Å². The molecule has 1 aliphatic rings. The molecule has 0 atom stereocenters. The third-order valence-corrected chi connectivity index (χ3v) is 5.74. The average Bonchev–Trinajstić information content (AvgIpc) is 3.33. The molecule has 1 N–H and O–H groups in total. The second-order valence-corrected chi connectivity index (χ2v) is 7.65. The van der Waals surface area contributed by atoms with Crippen LogP contribution in [0.1, 0.15) is 59.2 Å². The summed E-state index contributed by atoms with van der Waals surface area (Å²) in [6.45, 7) is 2.38. The summed E-state index contributed by atoms with van der Waals surface area (Å²) in [7, 11) is 0. The van der Waals surface area contributed by atoms with E-state index < -0.39 is 11.9 Å². The first-order valence-electron chi connectivity index (χ1n) is 9.42. The van der Waals surface area contributed by atoms with E-state index >= 15 is 0 Å². The maximum Gasteiger partial charge on any atom is 0.341 e. The van der Waals surface area contributed by atoms with Gasteiger partial charge in [0.1, 0.15) is 22.4 Å². The Hall–Kier alpha value is -2.85. The Morgan fingerprint density at radius 3 is 2.93 bits per heavy atom. The number of thiophene rings is 1. The number of esters is 1. The van der Waals surface area contributed by atoms with Crippen LogP contribution in [0, 0.1) is 11.3 Å². The number of carbonyl (C=O) groups is 2. The Balaban J connectivity index is 1.86. The van der Waals surface area contributed by atoms with Crippen molar-refractivity contribution in [2.45, 2.75) is 45.4 Å². The Morgan fingerprint density at radius 1 is 1.39 bits per heavy atom. The molecular weight excluding hydrogens is 376 g/mol. The second kappa shape index (κ2) is 9.38. The molecule has 1 aliphatic carbocycles. The summed E-state index contributed by atoms with van der Waals surface area (Å²) in [6, 6.07) is 5.22. The number of furan rings is 1. The van der Waals surface area contributed by atoms with Crippen molar-refractivity contribution >= 4 is 34.3 Å². The first kappa shape index (κ1) is 19.9. The van der Waals surface area contributed by atoms with Gasteiger partial charge in [-0.15, -0.1) is 11.3 Å². The molecule has 0 aliphatic heterocycles. The van der Waals surface area contributed by atoms with E-state index in [9.17, 15) is 14.9 Å². The number of carbonyl (C=O) groups excluding carboxylic acids is 2. The third kappa shape index (κ3) is 4.52. The Labute approximate surface area is 167 Å². The Bertz CT molecular complexity index is 919. The van der Waals surface area contributed by atoms with Gasteiger partial charge in [0.2, 0.25) is 0 Å². The zero-order chi connectivity index (χ0) is 19.9. The Kier molecular flexibility index (Phi) is 6.66. The number of nitriles is 1. The lowest BCUT2D eigenvalue weighted by Crippen LogP contribution is -2.17. The number of rotatable bonds is 7. The molecule has 0 radical (unpaired) electrons. The molecule has 2 aromatic rings. The van der Waals surface area contributed by atoms with Gasteiger partial charge in [-0.1, -0.05) is 13.3 Å². The fourth-order valence-electron chi connectivity index (χ4n) is 3.09. The van der Waals surface area contributed by atoms with Crippen LogP contribution in [0.5, 0.6) is 0 Å². The van der Waals surface area contributed by atoms with Crippen molar-refractivity contribution < 1.29 is 18.7 Å². The van der Waals surface area contributed by atoms with Crippen molar-refractivity contribution in [1.82, 2.24) is 0 Å². The number of aryl methyl sites for hydroxylation is 1. The van der Waals surface area contributed by atoms with Crippen LogP contribution in [-0.4, -0.2) is 18.5 Å². The quantitative estimate of drug-likeness (QED) is 0.315. The van der Waals surface area contributed by atoms with E-state index in [0.29, 0.717) is 22.9 Å². The lowest BCUT2D eigenvalue weighted by molar-refractivity contribution is -0.112. The molecule has 0 saturated carbocycles. The van der Waals surface area contributed by atoms with Gasteiger partial charge in [0.05, 0.1) is 18.4 Å². The highest BCUT2D eigenvalue weighted by molar-refractivity contribution is 7.17. The van der Waals surface area contributed by atoms with E-state index in [1.54, 1.807) is 12.1 Å². The smallest absolute Gasteiger partial charge is 0.341 e. The van der Waals surface area contributed by atoms with Crippen molar-refractivity contribution in [3.05, 3.63) is 45.7 Å². The molecule has 28 heavy (non-hydrogen) atoms. The van der Waals surface area contributed by atoms with E-state index in [1.165, 1.54) is 23.7 Å². The molecule has 0 unspecified atom stereocenters. The molecular formula is C21H22N2O4S. The standard InChI is InChI=1S/C21H22N2O4S/c1-2-3-10-27-21(25)18-16-8-4-5-9-17(16)28-20(18)23-19(24)14(13-22)12-15-7-6-11-26-15/h6-7,11-12H,2-5,8-10H2,1H3,(H,23,24)/b14-12-. The van der Waals surface area contributed by atoms with Crippen LogP contribution in [0.15, 0.2) is 28.4 Å². The minimum absolute atomic E-state index is 0.0911. The summed E-state index contributed by atoms with van der Waals surface area (Å²) in [6.07, 6.45) is 8.33. The number of nitrogens with zero attached hydrogens (tertiary/aromatic N) is 1. The van der Waals surface area contributed by atoms with E-state index in [1.807, 2.05) is 13.0 Å². The molecule has 0 saturated heterocycles. The molecule has 1 amide bonds. The van der Waals surface area contributed by atoms with Gasteiger partial charge < -0.3 is 14.5 Å². The van der Waals surface area contributed by atoms with E-state index in [-0.39, 0.29) is 5.57 Å². The number of amides is 1. The van der Waals surface area contributed by atoms with Crippen molar-refractivity contribution in [1.29, 1.82) is 5.26 Å². The minimum Gasteiger partial charge on any atom is -0.465 e. The molecule has 7 heteroatoms. The molecule has 2 heterocycles. The highest BCUT2D eigenvalue weighted by Gasteiger charge is 2.28. The van der Waals surface area contributed by atoms with Crippen LogP contribution < -0.4 is 5.32 Å². The fourth-order valence-corrected chi connectivity index (χ4v) is 4.36. The summed E-state index contributed by atoms with van der Waals surface area (Å²) >= 11 is 1.40. The zero-order valence-electron chi connectivity index (χ0n) is 15.7. The van der Waals surface area contributed by atoms with Crippen LogP contribution in [0.3, 0.4) is 0 Å². The fraction of sp³-hybridized carbons (Fsp3) is 0.381. The highest BCUT2D eigenvalue weighted by atomic mass is 32.1. The Morgan fingerprint density at radius 2 is 2.21 bits per heavy atom. The van der Waals surface area contributed by atoms with Crippen LogP contribution in [0.25, 0.3) is 6.08 Å². The summed E-state index contributed by atoms with van der Waals surface area (Å²) in [5, 5.41) is 12.6. The summed E-state index contributed by atoms with van der Waals surface area (Å²) in [5.41, 5.74) is 1.33. The topological polar surface area (TPSA) is 92.3 Å². The molecule has 2 aromatic heterocycles. The molecule has 0 bridgehead atoms. The van der Waals surface area contributed by atoms with Crippen LogP contribution >= 0.6 is 11.3 Å². The second-order valence-electron chi connectivity index (χ2n) is 6.54. The molecule has 0 fully saturated rings. The van der Waals surface area contributed by atoms with E-state index in [2.05, 4.69) is 5.32 Å². The van der Waals surface area contributed by atoms with Crippen molar-refractivity contribution in [2.24, 2.45) is 0 Å². The van der Waals surface area contributed by atoms with E-state index in [0.717, 1.165) is 49.0 Å². The van der Waals surface area contributed by atoms with Crippen molar-refractivity contribution in [3.8, 4) is 6.07 Å². The minimum atomic E-state index is -0.569. The predicted molar refractivity (Wildman–Crippen MR) is 107 cm³/mol. The number of ether oxygens (including phenoxy) is 1. The summed E-state index contributed by atoms with van der Waals surface area (Å²) in [4.78, 5) is 26.4. The molecule has 3 rings (SSSR count). The van der Waals surface area contributed by atoms with Crippen LogP contribution in [-0.2, 0) is 22.4 Å². The SMILES string of the molecule is CCCCOC(=O)c1c(NC(=O)/C(C#N)=C\c2ccco2)sc2c1CCCC2. The summed E-state index contributed by atoms with van der Waals surface area (Å²) in [5.74, 6) is -0.562. The predicted octanol–water partition coefficient (Wildman–Crippen LogP) is 4.72. The molecule has 6 nitrogen and oxygen atoms in total. The maximum absolute atomic E-state index is 12.7. The molecule has 0 aromatic carbocycles. The van der Waals surface area contributed by atoms with Gasteiger partial charge in [-0.05, 0) is 49.8 Å². The molecule has 146 valence electrons.